The molecule has 2 amide bonds. The van der Waals surface area contributed by atoms with Gasteiger partial charge in [-0.15, -0.1) is 0 Å². The number of hydrogen-bond acceptors (Lipinski definition) is 2. The SMILES string of the molecule is CC(C)NC(=O)C(Cc1ccccc1)N(Cc1ccc(Cl)c(Cl)c1)C(=O)Cc1c(F)cccc1Cl. The summed E-state index contributed by atoms with van der Waals surface area (Å²) in [6.45, 7) is 3.77. The number of carbonyl (C=O) groups is 2. The summed E-state index contributed by atoms with van der Waals surface area (Å²) in [6.07, 6.45) is -0.0233. The van der Waals surface area contributed by atoms with Gasteiger partial charge in [0.15, 0.2) is 0 Å². The van der Waals surface area contributed by atoms with Gasteiger partial charge in [-0.1, -0.05) is 77.3 Å². The van der Waals surface area contributed by atoms with Crippen molar-refractivity contribution in [1.29, 1.82) is 0 Å². The van der Waals surface area contributed by atoms with E-state index >= 15 is 0 Å². The van der Waals surface area contributed by atoms with Crippen LogP contribution in [0.25, 0.3) is 0 Å². The third-order valence-electron chi connectivity index (χ3n) is 5.43. The van der Waals surface area contributed by atoms with Gasteiger partial charge in [0.1, 0.15) is 11.9 Å². The summed E-state index contributed by atoms with van der Waals surface area (Å²) >= 11 is 18.5. The molecule has 4 nitrogen and oxygen atoms in total. The lowest BCUT2D eigenvalue weighted by atomic mass is 10.0. The molecule has 0 aliphatic carbocycles. The van der Waals surface area contributed by atoms with Crippen molar-refractivity contribution in [3.63, 3.8) is 0 Å². The first-order valence-corrected chi connectivity index (χ1v) is 12.3. The highest BCUT2D eigenvalue weighted by molar-refractivity contribution is 6.42. The molecule has 0 saturated heterocycles. The maximum absolute atomic E-state index is 14.5. The first-order chi connectivity index (χ1) is 16.7. The number of nitrogens with one attached hydrogen (secondary N) is 1. The number of hydrogen-bond donors (Lipinski definition) is 1. The van der Waals surface area contributed by atoms with Gasteiger partial charge in [-0.3, -0.25) is 9.59 Å². The lowest BCUT2D eigenvalue weighted by Gasteiger charge is -2.32. The Balaban J connectivity index is 2.03. The first kappa shape index (κ1) is 27.0. The smallest absolute Gasteiger partial charge is 0.243 e. The minimum absolute atomic E-state index is 0.0742. The van der Waals surface area contributed by atoms with Crippen molar-refractivity contribution >= 4 is 46.6 Å². The fraction of sp³-hybridized carbons (Fsp3) is 0.259. The van der Waals surface area contributed by atoms with Gasteiger partial charge in [0.05, 0.1) is 16.5 Å². The average molecular weight is 536 g/mol. The fourth-order valence-electron chi connectivity index (χ4n) is 3.72. The molecule has 0 heterocycles. The van der Waals surface area contributed by atoms with Gasteiger partial charge < -0.3 is 10.2 Å². The quantitative estimate of drug-likeness (QED) is 0.340. The minimum Gasteiger partial charge on any atom is -0.352 e. The van der Waals surface area contributed by atoms with Crippen LogP contribution in [0.1, 0.15) is 30.5 Å². The Kier molecular flexibility index (Phi) is 9.55. The Morgan fingerprint density at radius 1 is 0.886 bits per heavy atom. The molecule has 0 aromatic heterocycles. The third kappa shape index (κ3) is 7.44. The molecule has 35 heavy (non-hydrogen) atoms. The van der Waals surface area contributed by atoms with E-state index in [0.29, 0.717) is 15.6 Å². The van der Waals surface area contributed by atoms with Gasteiger partial charge in [-0.25, -0.2) is 4.39 Å². The second kappa shape index (κ2) is 12.4. The van der Waals surface area contributed by atoms with Crippen LogP contribution in [0.15, 0.2) is 66.7 Å². The normalized spacial score (nSPS) is 11.9. The second-order valence-electron chi connectivity index (χ2n) is 8.52. The van der Waals surface area contributed by atoms with Crippen LogP contribution in [-0.4, -0.2) is 28.8 Å². The third-order valence-corrected chi connectivity index (χ3v) is 6.52. The van der Waals surface area contributed by atoms with E-state index in [1.165, 1.54) is 23.1 Å². The van der Waals surface area contributed by atoms with Crippen molar-refractivity contribution in [2.24, 2.45) is 0 Å². The van der Waals surface area contributed by atoms with Crippen LogP contribution in [0.2, 0.25) is 15.1 Å². The Morgan fingerprint density at radius 2 is 1.60 bits per heavy atom. The number of halogens is 4. The van der Waals surface area contributed by atoms with E-state index in [1.54, 1.807) is 18.2 Å². The molecule has 0 fully saturated rings. The van der Waals surface area contributed by atoms with Crippen molar-refractivity contribution < 1.29 is 14.0 Å². The molecule has 0 saturated carbocycles. The van der Waals surface area contributed by atoms with Gasteiger partial charge in [0.25, 0.3) is 0 Å². The minimum atomic E-state index is -0.854. The second-order valence-corrected chi connectivity index (χ2v) is 9.74. The fourth-order valence-corrected chi connectivity index (χ4v) is 4.27. The Morgan fingerprint density at radius 3 is 2.23 bits per heavy atom. The summed E-state index contributed by atoms with van der Waals surface area (Å²) < 4.78 is 14.5. The summed E-state index contributed by atoms with van der Waals surface area (Å²) in [5.41, 5.74) is 1.65. The van der Waals surface area contributed by atoms with Crippen LogP contribution in [0.4, 0.5) is 4.39 Å². The van der Waals surface area contributed by atoms with Crippen LogP contribution < -0.4 is 5.32 Å². The summed E-state index contributed by atoms with van der Waals surface area (Å²) in [4.78, 5) is 28.5. The number of carbonyl (C=O) groups excluding carboxylic acids is 2. The van der Waals surface area contributed by atoms with Gasteiger partial charge in [-0.05, 0) is 49.2 Å². The monoisotopic (exact) mass is 534 g/mol. The maximum Gasteiger partial charge on any atom is 0.243 e. The molecular formula is C27H26Cl3FN2O2. The summed E-state index contributed by atoms with van der Waals surface area (Å²) in [6, 6.07) is 17.7. The molecule has 1 atom stereocenters. The largest absolute Gasteiger partial charge is 0.352 e. The molecule has 3 aromatic rings. The first-order valence-electron chi connectivity index (χ1n) is 11.2. The highest BCUT2D eigenvalue weighted by atomic mass is 35.5. The van der Waals surface area contributed by atoms with E-state index < -0.39 is 17.8 Å². The highest BCUT2D eigenvalue weighted by Gasteiger charge is 2.31. The molecular weight excluding hydrogens is 510 g/mol. The average Bonchev–Trinajstić information content (AvgIpc) is 2.81. The van der Waals surface area contributed by atoms with E-state index in [9.17, 15) is 14.0 Å². The van der Waals surface area contributed by atoms with Crippen LogP contribution in [-0.2, 0) is 29.0 Å². The molecule has 1 N–H and O–H groups in total. The summed E-state index contributed by atoms with van der Waals surface area (Å²) in [5.74, 6) is -1.33. The van der Waals surface area contributed by atoms with Crippen molar-refractivity contribution in [3.05, 3.63) is 104 Å². The number of rotatable bonds is 9. The lowest BCUT2D eigenvalue weighted by molar-refractivity contribution is -0.141. The maximum atomic E-state index is 14.5. The highest BCUT2D eigenvalue weighted by Crippen LogP contribution is 2.26. The van der Waals surface area contributed by atoms with Crippen LogP contribution in [0.5, 0.6) is 0 Å². The Labute approximate surface area is 220 Å². The van der Waals surface area contributed by atoms with Crippen LogP contribution in [0.3, 0.4) is 0 Å². The molecule has 8 heteroatoms. The van der Waals surface area contributed by atoms with E-state index in [4.69, 9.17) is 34.8 Å². The molecule has 1 unspecified atom stereocenters. The van der Waals surface area contributed by atoms with Gasteiger partial charge in [-0.2, -0.15) is 0 Å². The lowest BCUT2D eigenvalue weighted by Crippen LogP contribution is -2.52. The molecule has 3 rings (SSSR count). The molecule has 184 valence electrons. The van der Waals surface area contributed by atoms with Gasteiger partial charge >= 0.3 is 0 Å². The number of amides is 2. The van der Waals surface area contributed by atoms with Crippen LogP contribution >= 0.6 is 34.8 Å². The molecule has 0 aliphatic heterocycles. The molecule has 0 radical (unpaired) electrons. The Bertz CT molecular complexity index is 1170. The topological polar surface area (TPSA) is 49.4 Å². The van der Waals surface area contributed by atoms with E-state index in [0.717, 1.165) is 5.56 Å². The zero-order valence-corrected chi connectivity index (χ0v) is 21.7. The van der Waals surface area contributed by atoms with Gasteiger partial charge in [0.2, 0.25) is 11.8 Å². The summed E-state index contributed by atoms with van der Waals surface area (Å²) in [5, 5.41) is 3.78. The summed E-state index contributed by atoms with van der Waals surface area (Å²) in [7, 11) is 0. The predicted octanol–water partition coefficient (Wildman–Crippen LogP) is 6.49. The van der Waals surface area contributed by atoms with Gasteiger partial charge in [0, 0.05) is 29.6 Å². The van der Waals surface area contributed by atoms with Crippen LogP contribution in [0, 0.1) is 5.82 Å². The zero-order valence-electron chi connectivity index (χ0n) is 19.4. The predicted molar refractivity (Wildman–Crippen MR) is 139 cm³/mol. The van der Waals surface area contributed by atoms with E-state index in [2.05, 4.69) is 5.32 Å². The number of benzene rings is 3. The molecule has 0 aliphatic rings. The molecule has 0 spiro atoms. The molecule has 3 aromatic carbocycles. The van der Waals surface area contributed by atoms with Crippen molar-refractivity contribution in [3.8, 4) is 0 Å². The molecule has 0 bridgehead atoms. The van der Waals surface area contributed by atoms with Crippen molar-refractivity contribution in [1.82, 2.24) is 10.2 Å². The van der Waals surface area contributed by atoms with Crippen molar-refractivity contribution in [2.45, 2.75) is 45.3 Å². The van der Waals surface area contributed by atoms with E-state index in [1.807, 2.05) is 44.2 Å². The standard InChI is InChI=1S/C27H26Cl3FN2O2/c1-17(2)32-27(35)25(14-18-7-4-3-5-8-18)33(16-19-11-12-22(29)23(30)13-19)26(34)15-20-21(28)9-6-10-24(20)31/h3-13,17,25H,14-16H2,1-2H3,(H,32,35). The zero-order chi connectivity index (χ0) is 25.5. The number of nitrogens with zero attached hydrogens (tertiary/aromatic N) is 1. The van der Waals surface area contributed by atoms with E-state index in [-0.39, 0.29) is 41.9 Å². The van der Waals surface area contributed by atoms with Crippen molar-refractivity contribution in [2.75, 3.05) is 0 Å². The Hall–Kier alpha value is -2.60.